The number of rotatable bonds is 13. The first kappa shape index (κ1) is 30.1. The van der Waals surface area contributed by atoms with Gasteiger partial charge in [0.15, 0.2) is 0 Å². The standard InChI is InChI=1S/C26H41N3O6/c1-16(2)12-20(27)23(30)29(22(25(32)33)14-18(5)6)24(31)21(13-17(3)4)28-26(34)35-15-19-10-8-7-9-11-19/h7-11,16-18,20-22H,12-15,27H2,1-6H3,(H,28,34)(H,32,33). The fourth-order valence-electron chi connectivity index (χ4n) is 3.73. The van der Waals surface area contributed by atoms with Gasteiger partial charge in [-0.2, -0.15) is 0 Å². The second kappa shape index (κ2) is 14.5. The van der Waals surface area contributed by atoms with Gasteiger partial charge in [0.05, 0.1) is 6.04 Å². The van der Waals surface area contributed by atoms with Crippen LogP contribution in [0.4, 0.5) is 4.79 Å². The largest absolute Gasteiger partial charge is 0.480 e. The third-order valence-electron chi connectivity index (χ3n) is 5.32. The van der Waals surface area contributed by atoms with Crippen LogP contribution in [0.25, 0.3) is 0 Å². The molecule has 196 valence electrons. The van der Waals surface area contributed by atoms with Crippen LogP contribution in [0.5, 0.6) is 0 Å². The lowest BCUT2D eigenvalue weighted by Crippen LogP contribution is -2.60. The van der Waals surface area contributed by atoms with Gasteiger partial charge in [0, 0.05) is 0 Å². The molecule has 0 bridgehead atoms. The Kier molecular flexibility index (Phi) is 12.4. The van der Waals surface area contributed by atoms with Crippen LogP contribution < -0.4 is 11.1 Å². The summed E-state index contributed by atoms with van der Waals surface area (Å²) in [6, 6.07) is 5.46. The number of amides is 3. The van der Waals surface area contributed by atoms with E-state index >= 15 is 0 Å². The van der Waals surface area contributed by atoms with E-state index in [0.717, 1.165) is 10.5 Å². The molecule has 0 heterocycles. The highest BCUT2D eigenvalue weighted by Crippen LogP contribution is 2.19. The Labute approximate surface area is 208 Å². The van der Waals surface area contributed by atoms with Crippen molar-refractivity contribution < 1.29 is 29.0 Å². The number of nitrogens with two attached hydrogens (primary N) is 1. The predicted molar refractivity (Wildman–Crippen MR) is 133 cm³/mol. The van der Waals surface area contributed by atoms with Gasteiger partial charge in [-0.1, -0.05) is 71.9 Å². The molecule has 0 fully saturated rings. The highest BCUT2D eigenvalue weighted by molar-refractivity contribution is 6.03. The predicted octanol–water partition coefficient (Wildman–Crippen LogP) is 3.56. The van der Waals surface area contributed by atoms with Gasteiger partial charge < -0.3 is 20.9 Å². The number of nitrogens with zero attached hydrogens (tertiary/aromatic N) is 1. The zero-order chi connectivity index (χ0) is 26.7. The molecule has 4 N–H and O–H groups in total. The number of carbonyl (C=O) groups is 4. The van der Waals surface area contributed by atoms with Crippen LogP contribution in [0.1, 0.15) is 66.4 Å². The second-order valence-electron chi connectivity index (χ2n) is 10.2. The zero-order valence-electron chi connectivity index (χ0n) is 21.7. The summed E-state index contributed by atoms with van der Waals surface area (Å²) in [7, 11) is 0. The lowest BCUT2D eigenvalue weighted by atomic mass is 9.96. The minimum absolute atomic E-state index is 0.00225. The van der Waals surface area contributed by atoms with E-state index in [4.69, 9.17) is 10.5 Å². The van der Waals surface area contributed by atoms with Crippen molar-refractivity contribution in [2.75, 3.05) is 0 Å². The number of hydrogen-bond donors (Lipinski definition) is 3. The Hall–Kier alpha value is -2.94. The number of carboxylic acids is 1. The first-order chi connectivity index (χ1) is 16.3. The average molecular weight is 492 g/mol. The van der Waals surface area contributed by atoms with Crippen molar-refractivity contribution >= 4 is 23.9 Å². The fourth-order valence-corrected chi connectivity index (χ4v) is 3.73. The summed E-state index contributed by atoms with van der Waals surface area (Å²) in [5, 5.41) is 12.5. The monoisotopic (exact) mass is 491 g/mol. The number of imide groups is 1. The summed E-state index contributed by atoms with van der Waals surface area (Å²) in [6.07, 6.45) is -0.287. The number of alkyl carbamates (subject to hydrolysis) is 1. The number of carbonyl (C=O) groups excluding carboxylic acids is 3. The minimum Gasteiger partial charge on any atom is -0.480 e. The van der Waals surface area contributed by atoms with Crippen molar-refractivity contribution in [1.29, 1.82) is 0 Å². The molecule has 0 aliphatic carbocycles. The summed E-state index contributed by atoms with van der Waals surface area (Å²) >= 11 is 0. The van der Waals surface area contributed by atoms with Crippen LogP contribution in [0, 0.1) is 17.8 Å². The van der Waals surface area contributed by atoms with Gasteiger partial charge in [-0.3, -0.25) is 14.5 Å². The molecule has 9 heteroatoms. The van der Waals surface area contributed by atoms with Crippen molar-refractivity contribution in [1.82, 2.24) is 10.2 Å². The third-order valence-corrected chi connectivity index (χ3v) is 5.32. The van der Waals surface area contributed by atoms with Crippen LogP contribution in [0.2, 0.25) is 0 Å². The normalized spacial score (nSPS) is 13.9. The Bertz CT molecular complexity index is 841. The highest BCUT2D eigenvalue weighted by Gasteiger charge is 2.41. The molecule has 3 amide bonds. The number of nitrogens with one attached hydrogen (secondary N) is 1. The van der Waals surface area contributed by atoms with Crippen molar-refractivity contribution in [3.63, 3.8) is 0 Å². The molecule has 1 aromatic carbocycles. The summed E-state index contributed by atoms with van der Waals surface area (Å²) < 4.78 is 5.26. The molecule has 0 aliphatic heterocycles. The molecule has 9 nitrogen and oxygen atoms in total. The Balaban J connectivity index is 3.22. The van der Waals surface area contributed by atoms with E-state index in [1.165, 1.54) is 0 Å². The quantitative estimate of drug-likeness (QED) is 0.383. The molecule has 0 aliphatic rings. The van der Waals surface area contributed by atoms with Crippen molar-refractivity contribution in [3.05, 3.63) is 35.9 Å². The molecular formula is C26H41N3O6. The summed E-state index contributed by atoms with van der Waals surface area (Å²) in [6.45, 7) is 11.1. The van der Waals surface area contributed by atoms with Crippen LogP contribution in [-0.2, 0) is 25.7 Å². The van der Waals surface area contributed by atoms with Crippen LogP contribution >= 0.6 is 0 Å². The summed E-state index contributed by atoms with van der Waals surface area (Å²) in [4.78, 5) is 52.4. The van der Waals surface area contributed by atoms with Gasteiger partial charge >= 0.3 is 12.1 Å². The lowest BCUT2D eigenvalue weighted by molar-refractivity contribution is -0.160. The van der Waals surface area contributed by atoms with Crippen LogP contribution in [0.3, 0.4) is 0 Å². The Morgan fingerprint density at radius 1 is 0.886 bits per heavy atom. The van der Waals surface area contributed by atoms with E-state index in [0.29, 0.717) is 0 Å². The smallest absolute Gasteiger partial charge is 0.408 e. The molecule has 3 atom stereocenters. The molecule has 3 unspecified atom stereocenters. The SMILES string of the molecule is CC(C)CC(N)C(=O)N(C(=O)C(CC(C)C)NC(=O)OCc1ccccc1)C(CC(C)C)C(=O)O. The molecule has 0 radical (unpaired) electrons. The van der Waals surface area contributed by atoms with E-state index < -0.39 is 42.0 Å². The van der Waals surface area contributed by atoms with E-state index in [-0.39, 0.29) is 43.6 Å². The zero-order valence-corrected chi connectivity index (χ0v) is 21.7. The van der Waals surface area contributed by atoms with Gasteiger partial charge in [-0.25, -0.2) is 9.59 Å². The first-order valence-corrected chi connectivity index (χ1v) is 12.2. The number of ether oxygens (including phenoxy) is 1. The van der Waals surface area contributed by atoms with Gasteiger partial charge in [-0.15, -0.1) is 0 Å². The van der Waals surface area contributed by atoms with Gasteiger partial charge in [0.2, 0.25) is 5.91 Å². The Morgan fingerprint density at radius 2 is 1.43 bits per heavy atom. The van der Waals surface area contributed by atoms with Gasteiger partial charge in [0.1, 0.15) is 18.7 Å². The summed E-state index contributed by atoms with van der Waals surface area (Å²) in [5.41, 5.74) is 6.86. The number of aliphatic carboxylic acids is 1. The molecule has 0 saturated heterocycles. The van der Waals surface area contributed by atoms with E-state index in [9.17, 15) is 24.3 Å². The maximum Gasteiger partial charge on any atom is 0.408 e. The number of benzene rings is 1. The molecule has 1 rings (SSSR count). The molecular weight excluding hydrogens is 450 g/mol. The number of hydrogen-bond acceptors (Lipinski definition) is 6. The van der Waals surface area contributed by atoms with Crippen molar-refractivity contribution in [3.8, 4) is 0 Å². The average Bonchev–Trinajstić information content (AvgIpc) is 2.76. The van der Waals surface area contributed by atoms with Gasteiger partial charge in [0.25, 0.3) is 5.91 Å². The molecule has 0 aromatic heterocycles. The van der Waals surface area contributed by atoms with E-state index in [1.807, 2.05) is 59.7 Å². The van der Waals surface area contributed by atoms with E-state index in [2.05, 4.69) is 5.32 Å². The summed E-state index contributed by atoms with van der Waals surface area (Å²) in [5.74, 6) is -2.93. The van der Waals surface area contributed by atoms with Crippen LogP contribution in [0.15, 0.2) is 30.3 Å². The molecule has 0 saturated carbocycles. The van der Waals surface area contributed by atoms with Gasteiger partial charge in [-0.05, 0) is 42.6 Å². The minimum atomic E-state index is -1.40. The van der Waals surface area contributed by atoms with Crippen LogP contribution in [-0.4, -0.2) is 52.0 Å². The van der Waals surface area contributed by atoms with Crippen molar-refractivity contribution in [2.24, 2.45) is 23.5 Å². The molecule has 1 aromatic rings. The maximum atomic E-state index is 13.7. The first-order valence-electron chi connectivity index (χ1n) is 12.2. The Morgan fingerprint density at radius 3 is 1.91 bits per heavy atom. The molecule has 35 heavy (non-hydrogen) atoms. The topological polar surface area (TPSA) is 139 Å². The lowest BCUT2D eigenvalue weighted by Gasteiger charge is -2.34. The highest BCUT2D eigenvalue weighted by atomic mass is 16.5. The second-order valence-corrected chi connectivity index (χ2v) is 10.2. The molecule has 0 spiro atoms. The van der Waals surface area contributed by atoms with E-state index in [1.54, 1.807) is 12.1 Å². The third kappa shape index (κ3) is 10.5. The maximum absolute atomic E-state index is 13.7. The van der Waals surface area contributed by atoms with Crippen molar-refractivity contribution in [2.45, 2.75) is 85.5 Å². The number of carboxylic acid groups (broad SMARTS) is 1. The fraction of sp³-hybridized carbons (Fsp3) is 0.615.